The van der Waals surface area contributed by atoms with Crippen molar-refractivity contribution < 1.29 is 14.7 Å². The van der Waals surface area contributed by atoms with Crippen molar-refractivity contribution in [3.05, 3.63) is 17.0 Å². The van der Waals surface area contributed by atoms with Crippen LogP contribution in [-0.4, -0.2) is 82.4 Å². The van der Waals surface area contributed by atoms with Crippen LogP contribution in [0, 0.1) is 20.8 Å². The Morgan fingerprint density at radius 1 is 1.31 bits per heavy atom. The van der Waals surface area contributed by atoms with Gasteiger partial charge in [0, 0.05) is 45.8 Å². The first-order valence-corrected chi connectivity index (χ1v) is 9.09. The molecule has 0 spiro atoms. The maximum Gasteiger partial charge on any atom is 0.236 e. The molecule has 1 aliphatic heterocycles. The Labute approximate surface area is 155 Å². The zero-order valence-electron chi connectivity index (χ0n) is 16.4. The zero-order valence-corrected chi connectivity index (χ0v) is 16.4. The second kappa shape index (κ2) is 8.64. The third-order valence-corrected chi connectivity index (χ3v) is 5.16. The molecule has 8 heteroatoms. The first-order chi connectivity index (χ1) is 12.2. The third kappa shape index (κ3) is 5.04. The summed E-state index contributed by atoms with van der Waals surface area (Å²) in [5.74, 6) is -0.0723. The van der Waals surface area contributed by atoms with Crippen LogP contribution in [-0.2, 0) is 16.1 Å². The number of nitrogens with one attached hydrogen (secondary N) is 1. The molecule has 2 N–H and O–H groups in total. The Balaban J connectivity index is 1.79. The van der Waals surface area contributed by atoms with E-state index in [-0.39, 0.29) is 17.9 Å². The van der Waals surface area contributed by atoms with Gasteiger partial charge in [-0.3, -0.25) is 19.2 Å². The lowest BCUT2D eigenvalue weighted by molar-refractivity contribution is -0.131. The van der Waals surface area contributed by atoms with E-state index in [1.54, 1.807) is 19.0 Å². The van der Waals surface area contributed by atoms with Crippen LogP contribution in [0.1, 0.15) is 29.8 Å². The molecule has 2 rings (SSSR count). The molecule has 2 atom stereocenters. The predicted octanol–water partition coefficient (Wildman–Crippen LogP) is -0.162. The van der Waals surface area contributed by atoms with Crippen LogP contribution in [0.15, 0.2) is 0 Å². The molecule has 0 aliphatic carbocycles. The molecule has 0 unspecified atom stereocenters. The highest BCUT2D eigenvalue weighted by molar-refractivity contribution is 5.77. The first-order valence-electron chi connectivity index (χ1n) is 9.09. The second-order valence-electron chi connectivity index (χ2n) is 7.32. The number of aliphatic hydroxyl groups is 1. The quantitative estimate of drug-likeness (QED) is 0.731. The summed E-state index contributed by atoms with van der Waals surface area (Å²) in [4.78, 5) is 27.5. The molecular weight excluding hydrogens is 334 g/mol. The zero-order chi connectivity index (χ0) is 19.4. The van der Waals surface area contributed by atoms with Gasteiger partial charge in [0.15, 0.2) is 0 Å². The van der Waals surface area contributed by atoms with Gasteiger partial charge in [-0.1, -0.05) is 0 Å². The summed E-state index contributed by atoms with van der Waals surface area (Å²) >= 11 is 0. The number of amides is 2. The van der Waals surface area contributed by atoms with Crippen LogP contribution in [0.25, 0.3) is 0 Å². The van der Waals surface area contributed by atoms with Crippen LogP contribution in [0.2, 0.25) is 0 Å². The lowest BCUT2D eigenvalue weighted by Gasteiger charge is -2.36. The van der Waals surface area contributed by atoms with Crippen molar-refractivity contribution in [1.82, 2.24) is 24.9 Å². The highest BCUT2D eigenvalue weighted by Gasteiger charge is 2.29. The van der Waals surface area contributed by atoms with Crippen molar-refractivity contribution in [3.8, 4) is 0 Å². The number of likely N-dealkylation sites (tertiary alicyclic amines) is 1. The molecule has 0 bridgehead atoms. The Morgan fingerprint density at radius 3 is 2.54 bits per heavy atom. The van der Waals surface area contributed by atoms with E-state index in [4.69, 9.17) is 0 Å². The van der Waals surface area contributed by atoms with E-state index in [0.717, 1.165) is 17.0 Å². The van der Waals surface area contributed by atoms with Gasteiger partial charge in [-0.2, -0.15) is 5.10 Å². The minimum Gasteiger partial charge on any atom is -0.390 e. The molecule has 0 aromatic carbocycles. The van der Waals surface area contributed by atoms with Crippen molar-refractivity contribution in [1.29, 1.82) is 0 Å². The van der Waals surface area contributed by atoms with E-state index >= 15 is 0 Å². The Morgan fingerprint density at radius 2 is 2.00 bits per heavy atom. The van der Waals surface area contributed by atoms with Crippen molar-refractivity contribution in [2.75, 3.05) is 33.7 Å². The Bertz CT molecular complexity index is 655. The fraction of sp³-hybridized carbons (Fsp3) is 0.722. The van der Waals surface area contributed by atoms with E-state index in [1.165, 1.54) is 0 Å². The van der Waals surface area contributed by atoms with Gasteiger partial charge in [0.1, 0.15) is 0 Å². The molecule has 1 aromatic rings. The minimum atomic E-state index is -0.668. The molecule has 2 heterocycles. The standard InChI is InChI=1S/C18H31N5O3/c1-12-13(2)20-23(14(12)3)9-7-17(25)19-15-6-8-22(10-16(15)24)11-18(26)21(4)5/h15-16,24H,6-11H2,1-5H3,(H,19,25)/t15-,16-/m1/s1. The number of likely N-dealkylation sites (N-methyl/N-ethyl adjacent to an activating group) is 1. The average Bonchev–Trinajstić information content (AvgIpc) is 2.82. The van der Waals surface area contributed by atoms with Gasteiger partial charge in [0.25, 0.3) is 0 Å². The summed E-state index contributed by atoms with van der Waals surface area (Å²) in [6, 6.07) is -0.268. The van der Waals surface area contributed by atoms with Crippen molar-refractivity contribution >= 4 is 11.8 Å². The molecule has 26 heavy (non-hydrogen) atoms. The lowest BCUT2D eigenvalue weighted by atomic mass is 10.0. The van der Waals surface area contributed by atoms with E-state index < -0.39 is 6.10 Å². The van der Waals surface area contributed by atoms with Gasteiger partial charge in [-0.15, -0.1) is 0 Å². The highest BCUT2D eigenvalue weighted by Crippen LogP contribution is 2.13. The third-order valence-electron chi connectivity index (χ3n) is 5.16. The molecule has 0 radical (unpaired) electrons. The van der Waals surface area contributed by atoms with Gasteiger partial charge < -0.3 is 15.3 Å². The maximum atomic E-state index is 12.2. The number of hydrogen-bond acceptors (Lipinski definition) is 5. The van der Waals surface area contributed by atoms with Crippen molar-refractivity contribution in [2.24, 2.45) is 0 Å². The van der Waals surface area contributed by atoms with E-state index in [0.29, 0.717) is 39.0 Å². The molecule has 0 saturated carbocycles. The molecule has 146 valence electrons. The Kier molecular flexibility index (Phi) is 6.77. The fourth-order valence-electron chi connectivity index (χ4n) is 3.13. The smallest absolute Gasteiger partial charge is 0.236 e. The summed E-state index contributed by atoms with van der Waals surface area (Å²) in [5.41, 5.74) is 3.22. The number of piperidine rings is 1. The maximum absolute atomic E-state index is 12.2. The summed E-state index contributed by atoms with van der Waals surface area (Å²) in [5, 5.41) is 17.7. The number of carbonyl (C=O) groups excluding carboxylic acids is 2. The summed E-state index contributed by atoms with van der Waals surface area (Å²) in [6.45, 7) is 7.88. The van der Waals surface area contributed by atoms with Gasteiger partial charge in [0.05, 0.1) is 24.4 Å². The van der Waals surface area contributed by atoms with Gasteiger partial charge >= 0.3 is 0 Å². The largest absolute Gasteiger partial charge is 0.390 e. The van der Waals surface area contributed by atoms with E-state index in [1.807, 2.05) is 30.4 Å². The normalized spacial score (nSPS) is 20.8. The molecule has 2 amide bonds. The molecule has 1 saturated heterocycles. The number of β-amino-alcohol motifs (C(OH)–C–C–N with tert-alkyl or cyclic N) is 1. The number of aromatic nitrogens is 2. The summed E-state index contributed by atoms with van der Waals surface area (Å²) in [7, 11) is 3.44. The molecule has 1 aromatic heterocycles. The van der Waals surface area contributed by atoms with Crippen LogP contribution in [0.3, 0.4) is 0 Å². The second-order valence-corrected chi connectivity index (χ2v) is 7.32. The highest BCUT2D eigenvalue weighted by atomic mass is 16.3. The van der Waals surface area contributed by atoms with Gasteiger partial charge in [-0.05, 0) is 32.8 Å². The average molecular weight is 365 g/mol. The number of rotatable bonds is 6. The van der Waals surface area contributed by atoms with Crippen LogP contribution in [0.4, 0.5) is 0 Å². The van der Waals surface area contributed by atoms with E-state index in [9.17, 15) is 14.7 Å². The monoisotopic (exact) mass is 365 g/mol. The van der Waals surface area contributed by atoms with Crippen LogP contribution < -0.4 is 5.32 Å². The predicted molar refractivity (Wildman–Crippen MR) is 98.7 cm³/mol. The molecule has 1 fully saturated rings. The van der Waals surface area contributed by atoms with Crippen LogP contribution >= 0.6 is 0 Å². The number of nitrogens with zero attached hydrogens (tertiary/aromatic N) is 4. The first kappa shape index (κ1) is 20.4. The number of carbonyl (C=O) groups is 2. The van der Waals surface area contributed by atoms with Crippen LogP contribution in [0.5, 0.6) is 0 Å². The number of aliphatic hydroxyl groups excluding tert-OH is 1. The minimum absolute atomic E-state index is 0.0138. The Hall–Kier alpha value is -1.93. The topological polar surface area (TPSA) is 90.7 Å². The molecular formula is C18H31N5O3. The summed E-state index contributed by atoms with van der Waals surface area (Å²) in [6.07, 6.45) is 0.290. The van der Waals surface area contributed by atoms with Gasteiger partial charge in [0.2, 0.25) is 11.8 Å². The van der Waals surface area contributed by atoms with Crippen molar-refractivity contribution in [3.63, 3.8) is 0 Å². The molecule has 1 aliphatic rings. The lowest BCUT2D eigenvalue weighted by Crippen LogP contribution is -2.55. The van der Waals surface area contributed by atoms with Crippen molar-refractivity contribution in [2.45, 2.75) is 52.3 Å². The van der Waals surface area contributed by atoms with E-state index in [2.05, 4.69) is 10.4 Å². The molecule has 8 nitrogen and oxygen atoms in total. The number of aryl methyl sites for hydroxylation is 2. The van der Waals surface area contributed by atoms with Gasteiger partial charge in [-0.25, -0.2) is 0 Å². The SMILES string of the molecule is Cc1nn(CCC(=O)N[C@@H]2CCN(CC(=O)N(C)C)C[C@H]2O)c(C)c1C. The fourth-order valence-corrected chi connectivity index (χ4v) is 3.13. The number of hydrogen-bond donors (Lipinski definition) is 2. The summed E-state index contributed by atoms with van der Waals surface area (Å²) < 4.78 is 1.86.